The van der Waals surface area contributed by atoms with Crippen molar-refractivity contribution in [2.75, 3.05) is 0 Å². The van der Waals surface area contributed by atoms with Crippen molar-refractivity contribution in [3.63, 3.8) is 0 Å². The molecule has 0 radical (unpaired) electrons. The molecule has 0 bridgehead atoms. The number of pyridine rings is 1. The minimum atomic E-state index is -0.945. The maximum Gasteiger partial charge on any atom is 0.410 e. The molecular weight excluding hydrogens is 268 g/mol. The van der Waals surface area contributed by atoms with Gasteiger partial charge in [-0.1, -0.05) is 40.0 Å². The van der Waals surface area contributed by atoms with Crippen molar-refractivity contribution < 1.29 is 9.53 Å². The van der Waals surface area contributed by atoms with Crippen LogP contribution in [0.3, 0.4) is 0 Å². The highest BCUT2D eigenvalue weighted by atomic mass is 16.5. The molecule has 1 aromatic rings. The summed E-state index contributed by atoms with van der Waals surface area (Å²) >= 11 is 0. The zero-order valence-corrected chi connectivity index (χ0v) is 13.0. The number of aromatic nitrogens is 1. The lowest BCUT2D eigenvalue weighted by atomic mass is 9.86. The van der Waals surface area contributed by atoms with Gasteiger partial charge < -0.3 is 15.0 Å². The molecule has 0 atom stereocenters. The zero-order valence-electron chi connectivity index (χ0n) is 13.0. The predicted molar refractivity (Wildman–Crippen MR) is 81.7 cm³/mol. The van der Waals surface area contributed by atoms with Crippen molar-refractivity contribution in [2.24, 2.45) is 5.73 Å². The largest absolute Gasteiger partial charge is 0.410 e. The summed E-state index contributed by atoms with van der Waals surface area (Å²) in [6, 6.07) is 2.06. The highest BCUT2D eigenvalue weighted by Gasteiger charge is 2.26. The molecule has 2 N–H and O–H groups in total. The summed E-state index contributed by atoms with van der Waals surface area (Å²) in [5.41, 5.74) is 5.28. The number of nitrogens with zero attached hydrogens (tertiary/aromatic N) is 1. The van der Waals surface area contributed by atoms with Crippen LogP contribution in [0.25, 0.3) is 0 Å². The first-order chi connectivity index (χ1) is 9.80. The molecule has 1 saturated carbocycles. The number of hydrogen-bond donors (Lipinski definition) is 1. The molecule has 21 heavy (non-hydrogen) atoms. The Bertz CT molecular complexity index is 578. The van der Waals surface area contributed by atoms with E-state index in [2.05, 4.69) is 0 Å². The Balaban J connectivity index is 2.50. The van der Waals surface area contributed by atoms with Crippen LogP contribution < -0.4 is 16.0 Å². The van der Waals surface area contributed by atoms with Crippen molar-refractivity contribution in [3.8, 4) is 5.75 Å². The minimum absolute atomic E-state index is 0.0723. The number of carbonyl (C=O) groups excluding carboxylic acids is 1. The van der Waals surface area contributed by atoms with E-state index in [4.69, 9.17) is 10.5 Å². The van der Waals surface area contributed by atoms with Crippen LogP contribution in [-0.2, 0) is 5.41 Å². The van der Waals surface area contributed by atoms with Crippen LogP contribution in [0.4, 0.5) is 4.79 Å². The van der Waals surface area contributed by atoms with Crippen molar-refractivity contribution in [2.45, 2.75) is 64.3 Å². The van der Waals surface area contributed by atoms with E-state index < -0.39 is 6.09 Å². The van der Waals surface area contributed by atoms with Crippen LogP contribution in [-0.4, -0.2) is 10.7 Å². The normalized spacial score (nSPS) is 16.7. The van der Waals surface area contributed by atoms with E-state index in [-0.39, 0.29) is 22.8 Å². The number of carbonyl (C=O) groups is 1. The second-order valence-electron chi connectivity index (χ2n) is 6.73. The number of rotatable bonds is 2. The van der Waals surface area contributed by atoms with Gasteiger partial charge in [-0.25, -0.2) is 4.79 Å². The van der Waals surface area contributed by atoms with Gasteiger partial charge in [0.05, 0.1) is 0 Å². The number of amides is 1. The monoisotopic (exact) mass is 292 g/mol. The van der Waals surface area contributed by atoms with Crippen molar-refractivity contribution >= 4 is 6.09 Å². The first-order valence-corrected chi connectivity index (χ1v) is 7.53. The molecule has 2 rings (SSSR count). The fourth-order valence-electron chi connectivity index (χ4n) is 2.97. The molecule has 1 aromatic heterocycles. The van der Waals surface area contributed by atoms with Gasteiger partial charge in [-0.3, -0.25) is 4.79 Å². The summed E-state index contributed by atoms with van der Waals surface area (Å²) in [6.07, 6.45) is 6.34. The van der Waals surface area contributed by atoms with Crippen LogP contribution in [0.2, 0.25) is 0 Å². The lowest BCUT2D eigenvalue weighted by Crippen LogP contribution is -2.32. The SMILES string of the molecule is CC(C)(C)c1ccn(C2CCCCC2)c(=O)c1OC(N)=O. The molecule has 1 aliphatic carbocycles. The van der Waals surface area contributed by atoms with Crippen molar-refractivity contribution in [3.05, 3.63) is 28.2 Å². The molecule has 0 aliphatic heterocycles. The standard InChI is InChI=1S/C16H24N2O3/c1-16(2,3)12-9-10-18(11-7-5-4-6-8-11)14(19)13(12)21-15(17)20/h9-11H,4-8H2,1-3H3,(H2,17,20). The molecule has 116 valence electrons. The van der Waals surface area contributed by atoms with Gasteiger partial charge in [0.2, 0.25) is 5.75 Å². The fourth-order valence-corrected chi connectivity index (χ4v) is 2.97. The summed E-state index contributed by atoms with van der Waals surface area (Å²) in [7, 11) is 0. The third-order valence-electron chi connectivity index (χ3n) is 4.05. The van der Waals surface area contributed by atoms with Gasteiger partial charge in [-0.15, -0.1) is 0 Å². The topological polar surface area (TPSA) is 74.3 Å². The second-order valence-corrected chi connectivity index (χ2v) is 6.73. The number of primary amides is 1. The van der Waals surface area contributed by atoms with Gasteiger partial charge >= 0.3 is 6.09 Å². The van der Waals surface area contributed by atoms with Gasteiger partial charge in [0.1, 0.15) is 0 Å². The minimum Gasteiger partial charge on any atom is -0.404 e. The van der Waals surface area contributed by atoms with E-state index in [1.54, 1.807) is 4.57 Å². The highest BCUT2D eigenvalue weighted by molar-refractivity contribution is 5.68. The quantitative estimate of drug-likeness (QED) is 0.910. The molecule has 1 aliphatic rings. The van der Waals surface area contributed by atoms with Crippen LogP contribution in [0.5, 0.6) is 5.75 Å². The summed E-state index contributed by atoms with van der Waals surface area (Å²) in [5.74, 6) is 0.0723. The first-order valence-electron chi connectivity index (χ1n) is 7.53. The number of nitrogens with two attached hydrogens (primary N) is 1. The summed E-state index contributed by atoms with van der Waals surface area (Å²) in [6.45, 7) is 5.92. The summed E-state index contributed by atoms with van der Waals surface area (Å²) in [5, 5.41) is 0. The summed E-state index contributed by atoms with van der Waals surface area (Å²) < 4.78 is 6.74. The number of hydrogen-bond acceptors (Lipinski definition) is 3. The van der Waals surface area contributed by atoms with Crippen molar-refractivity contribution in [1.29, 1.82) is 0 Å². The van der Waals surface area contributed by atoms with E-state index >= 15 is 0 Å². The number of ether oxygens (including phenoxy) is 1. The maximum atomic E-state index is 12.7. The molecule has 0 spiro atoms. The Morgan fingerprint density at radius 3 is 2.43 bits per heavy atom. The predicted octanol–water partition coefficient (Wildman–Crippen LogP) is 3.11. The van der Waals surface area contributed by atoms with Crippen LogP contribution in [0.1, 0.15) is 64.5 Å². The van der Waals surface area contributed by atoms with Gasteiger partial charge in [0.25, 0.3) is 5.56 Å². The van der Waals surface area contributed by atoms with E-state index in [9.17, 15) is 9.59 Å². The molecule has 0 unspecified atom stereocenters. The lowest BCUT2D eigenvalue weighted by molar-refractivity contribution is 0.208. The Hall–Kier alpha value is -1.78. The second kappa shape index (κ2) is 5.92. The Morgan fingerprint density at radius 2 is 1.90 bits per heavy atom. The van der Waals surface area contributed by atoms with E-state index in [0.29, 0.717) is 5.56 Å². The van der Waals surface area contributed by atoms with Gasteiger partial charge in [-0.05, 0) is 24.3 Å². The molecule has 0 aromatic carbocycles. The van der Waals surface area contributed by atoms with Crippen LogP contribution in [0, 0.1) is 0 Å². The Morgan fingerprint density at radius 1 is 1.29 bits per heavy atom. The van der Waals surface area contributed by atoms with Gasteiger partial charge in [-0.2, -0.15) is 0 Å². The molecule has 0 saturated heterocycles. The maximum absolute atomic E-state index is 12.7. The molecule has 1 amide bonds. The van der Waals surface area contributed by atoms with E-state index in [1.165, 1.54) is 6.42 Å². The van der Waals surface area contributed by atoms with Crippen LogP contribution in [0.15, 0.2) is 17.1 Å². The Labute approximate surface area is 125 Å². The Kier molecular flexibility index (Phi) is 4.40. The van der Waals surface area contributed by atoms with E-state index in [0.717, 1.165) is 25.7 Å². The van der Waals surface area contributed by atoms with Crippen LogP contribution >= 0.6 is 0 Å². The third-order valence-corrected chi connectivity index (χ3v) is 4.05. The third kappa shape index (κ3) is 3.46. The smallest absolute Gasteiger partial charge is 0.404 e. The molecular formula is C16H24N2O3. The average Bonchev–Trinajstić information content (AvgIpc) is 2.40. The molecule has 5 heteroatoms. The average molecular weight is 292 g/mol. The zero-order chi connectivity index (χ0) is 15.6. The van der Waals surface area contributed by atoms with Gasteiger partial charge in [0, 0.05) is 17.8 Å². The van der Waals surface area contributed by atoms with Gasteiger partial charge in [0.15, 0.2) is 0 Å². The molecule has 1 fully saturated rings. The summed E-state index contributed by atoms with van der Waals surface area (Å²) in [4.78, 5) is 23.8. The van der Waals surface area contributed by atoms with Crippen molar-refractivity contribution in [1.82, 2.24) is 4.57 Å². The van der Waals surface area contributed by atoms with E-state index in [1.807, 2.05) is 33.0 Å². The highest BCUT2D eigenvalue weighted by Crippen LogP contribution is 2.31. The first kappa shape index (κ1) is 15.6. The molecule has 5 nitrogen and oxygen atoms in total. The lowest BCUT2D eigenvalue weighted by Gasteiger charge is -2.27. The fraction of sp³-hybridized carbons (Fsp3) is 0.625. The molecule has 1 heterocycles.